The average Bonchev–Trinajstić information content (AvgIpc) is 2.19. The van der Waals surface area contributed by atoms with Crippen LogP contribution >= 0.6 is 0 Å². The molecule has 2 heteroatoms. The van der Waals surface area contributed by atoms with E-state index in [2.05, 4.69) is 0 Å². The Morgan fingerprint density at radius 3 is 2.57 bits per heavy atom. The summed E-state index contributed by atoms with van der Waals surface area (Å²) in [5.74, 6) is 0.328. The first-order valence-corrected chi connectivity index (χ1v) is 5.04. The molecule has 0 fully saturated rings. The maximum atomic E-state index is 12.8. The molecule has 1 unspecified atom stereocenters. The molecule has 0 aromatic heterocycles. The zero-order valence-corrected chi connectivity index (χ0v) is 8.83. The summed E-state index contributed by atoms with van der Waals surface area (Å²) in [4.78, 5) is 0. The van der Waals surface area contributed by atoms with Gasteiger partial charge in [-0.15, -0.1) is 0 Å². The first-order chi connectivity index (χ1) is 6.69. The van der Waals surface area contributed by atoms with Gasteiger partial charge < -0.3 is 5.73 Å². The lowest BCUT2D eigenvalue weighted by Gasteiger charge is -2.18. The molecule has 78 valence electrons. The van der Waals surface area contributed by atoms with Gasteiger partial charge in [-0.25, -0.2) is 0 Å². The van der Waals surface area contributed by atoms with Crippen molar-refractivity contribution in [3.8, 4) is 0 Å². The number of halogens is 1. The highest BCUT2D eigenvalue weighted by molar-refractivity contribution is 5.26. The van der Waals surface area contributed by atoms with E-state index in [-0.39, 0.29) is 12.6 Å². The van der Waals surface area contributed by atoms with Gasteiger partial charge in [-0.05, 0) is 17.0 Å². The van der Waals surface area contributed by atoms with Crippen LogP contribution in [-0.2, 0) is 6.54 Å². The first-order valence-electron chi connectivity index (χ1n) is 5.04. The molecule has 0 saturated carbocycles. The van der Waals surface area contributed by atoms with E-state index in [1.54, 1.807) is 0 Å². The van der Waals surface area contributed by atoms with Gasteiger partial charge in [-0.1, -0.05) is 38.1 Å². The number of nitrogens with two attached hydrogens (primary N) is 1. The lowest BCUT2D eigenvalue weighted by molar-refractivity contribution is 0.365. The molecular formula is C12H18FN. The Bertz CT molecular complexity index is 283. The number of hydrogen-bond donors (Lipinski definition) is 1. The summed E-state index contributed by atoms with van der Waals surface area (Å²) in [5, 5.41) is 0. The van der Waals surface area contributed by atoms with Crippen LogP contribution in [0, 0.1) is 5.92 Å². The molecule has 1 aromatic rings. The number of benzene rings is 1. The van der Waals surface area contributed by atoms with Crippen LogP contribution < -0.4 is 5.73 Å². The molecule has 0 amide bonds. The molecule has 0 aliphatic rings. The summed E-state index contributed by atoms with van der Waals surface area (Å²) < 4.78 is 12.8. The molecule has 2 N–H and O–H groups in total. The third-order valence-corrected chi connectivity index (χ3v) is 2.59. The van der Waals surface area contributed by atoms with Crippen LogP contribution in [0.4, 0.5) is 4.39 Å². The van der Waals surface area contributed by atoms with Gasteiger partial charge in [-0.2, -0.15) is 0 Å². The molecule has 0 radical (unpaired) electrons. The molecular weight excluding hydrogens is 177 g/mol. The number of rotatable bonds is 4. The van der Waals surface area contributed by atoms with Crippen LogP contribution in [0.5, 0.6) is 0 Å². The molecule has 14 heavy (non-hydrogen) atoms. The summed E-state index contributed by atoms with van der Waals surface area (Å²) in [6.45, 7) is 4.30. The van der Waals surface area contributed by atoms with Gasteiger partial charge in [0.2, 0.25) is 0 Å². The molecule has 1 nitrogen and oxygen atoms in total. The molecule has 0 spiro atoms. The summed E-state index contributed by atoms with van der Waals surface area (Å²) in [7, 11) is 0. The third kappa shape index (κ3) is 2.55. The summed E-state index contributed by atoms with van der Waals surface area (Å²) >= 11 is 0. The van der Waals surface area contributed by atoms with E-state index in [0.717, 1.165) is 11.1 Å². The van der Waals surface area contributed by atoms with E-state index in [1.165, 1.54) is 0 Å². The van der Waals surface area contributed by atoms with Crippen LogP contribution in [0.15, 0.2) is 24.3 Å². The summed E-state index contributed by atoms with van der Waals surface area (Å²) in [6.07, 6.45) is 0. The molecule has 1 aromatic carbocycles. The monoisotopic (exact) mass is 195 g/mol. The van der Waals surface area contributed by atoms with Crippen molar-refractivity contribution in [3.05, 3.63) is 35.4 Å². The molecule has 0 bridgehead atoms. The summed E-state index contributed by atoms with van der Waals surface area (Å²) in [6, 6.07) is 7.90. The standard InChI is InChI=1S/C12H18FN/c1-9(2)12(7-13)11-5-3-4-10(6-11)8-14/h3-6,9,12H,7-8,14H2,1-2H3. The smallest absolute Gasteiger partial charge is 0.0965 e. The topological polar surface area (TPSA) is 26.0 Å². The van der Waals surface area contributed by atoms with Crippen molar-refractivity contribution < 1.29 is 4.39 Å². The zero-order valence-electron chi connectivity index (χ0n) is 8.83. The highest BCUT2D eigenvalue weighted by atomic mass is 19.1. The average molecular weight is 195 g/mol. The number of hydrogen-bond acceptors (Lipinski definition) is 1. The van der Waals surface area contributed by atoms with Crippen LogP contribution in [0.1, 0.15) is 30.9 Å². The van der Waals surface area contributed by atoms with Gasteiger partial charge in [0.15, 0.2) is 0 Å². The van der Waals surface area contributed by atoms with E-state index in [9.17, 15) is 4.39 Å². The second kappa shape index (κ2) is 5.11. The normalized spacial score (nSPS) is 13.2. The fourth-order valence-electron chi connectivity index (χ4n) is 1.60. The Kier molecular flexibility index (Phi) is 4.08. The van der Waals surface area contributed by atoms with Gasteiger partial charge >= 0.3 is 0 Å². The molecule has 1 atom stereocenters. The van der Waals surface area contributed by atoms with Gasteiger partial charge in [0, 0.05) is 12.5 Å². The summed E-state index contributed by atoms with van der Waals surface area (Å²) in [5.41, 5.74) is 7.67. The van der Waals surface area contributed by atoms with Gasteiger partial charge in [-0.3, -0.25) is 4.39 Å². The molecule has 0 aliphatic carbocycles. The molecule has 0 saturated heterocycles. The van der Waals surface area contributed by atoms with Crippen molar-refractivity contribution in [1.82, 2.24) is 0 Å². The lowest BCUT2D eigenvalue weighted by Crippen LogP contribution is -2.09. The van der Waals surface area contributed by atoms with E-state index < -0.39 is 0 Å². The van der Waals surface area contributed by atoms with Gasteiger partial charge in [0.25, 0.3) is 0 Å². The fraction of sp³-hybridized carbons (Fsp3) is 0.500. The SMILES string of the molecule is CC(C)C(CF)c1cccc(CN)c1. The van der Waals surface area contributed by atoms with Crippen LogP contribution in [0.25, 0.3) is 0 Å². The largest absolute Gasteiger partial charge is 0.326 e. The maximum Gasteiger partial charge on any atom is 0.0965 e. The Morgan fingerprint density at radius 2 is 2.07 bits per heavy atom. The quantitative estimate of drug-likeness (QED) is 0.785. The van der Waals surface area contributed by atoms with E-state index >= 15 is 0 Å². The Hall–Kier alpha value is -0.890. The minimum Gasteiger partial charge on any atom is -0.326 e. The van der Waals surface area contributed by atoms with Crippen molar-refractivity contribution in [1.29, 1.82) is 0 Å². The van der Waals surface area contributed by atoms with Crippen LogP contribution in [-0.4, -0.2) is 6.67 Å². The maximum absolute atomic E-state index is 12.8. The Labute approximate surface area is 85.1 Å². The minimum absolute atomic E-state index is 0.00139. The zero-order chi connectivity index (χ0) is 10.6. The second-order valence-electron chi connectivity index (χ2n) is 3.95. The van der Waals surface area contributed by atoms with Gasteiger partial charge in [0.05, 0.1) is 6.67 Å². The van der Waals surface area contributed by atoms with Crippen molar-refractivity contribution >= 4 is 0 Å². The van der Waals surface area contributed by atoms with Crippen LogP contribution in [0.3, 0.4) is 0 Å². The Morgan fingerprint density at radius 1 is 1.36 bits per heavy atom. The first kappa shape index (κ1) is 11.2. The third-order valence-electron chi connectivity index (χ3n) is 2.59. The second-order valence-corrected chi connectivity index (χ2v) is 3.95. The van der Waals surface area contributed by atoms with Crippen molar-refractivity contribution in [3.63, 3.8) is 0 Å². The molecule has 1 rings (SSSR count). The van der Waals surface area contributed by atoms with Crippen molar-refractivity contribution in [2.75, 3.05) is 6.67 Å². The predicted octanol–water partition coefficient (Wildman–Crippen LogP) is 2.85. The number of alkyl halides is 1. The van der Waals surface area contributed by atoms with Crippen molar-refractivity contribution in [2.45, 2.75) is 26.3 Å². The molecule has 0 aliphatic heterocycles. The molecule has 0 heterocycles. The van der Waals surface area contributed by atoms with Crippen molar-refractivity contribution in [2.24, 2.45) is 11.7 Å². The lowest BCUT2D eigenvalue weighted by atomic mass is 9.89. The van der Waals surface area contributed by atoms with E-state index in [1.807, 2.05) is 38.1 Å². The fourth-order valence-corrected chi connectivity index (χ4v) is 1.60. The van der Waals surface area contributed by atoms with Gasteiger partial charge in [0.1, 0.15) is 0 Å². The predicted molar refractivity (Wildman–Crippen MR) is 57.9 cm³/mol. The van der Waals surface area contributed by atoms with Crippen LogP contribution in [0.2, 0.25) is 0 Å². The Balaban J connectivity index is 2.92. The van der Waals surface area contributed by atoms with E-state index in [0.29, 0.717) is 12.5 Å². The minimum atomic E-state index is -0.300. The van der Waals surface area contributed by atoms with E-state index in [4.69, 9.17) is 5.73 Å². The highest BCUT2D eigenvalue weighted by Crippen LogP contribution is 2.25. The highest BCUT2D eigenvalue weighted by Gasteiger charge is 2.15.